The summed E-state index contributed by atoms with van der Waals surface area (Å²) in [5, 5.41) is 3.07. The number of carbonyl (C=O) groups is 1. The highest BCUT2D eigenvalue weighted by Crippen LogP contribution is 2.22. The Kier molecular flexibility index (Phi) is 5.20. The Morgan fingerprint density at radius 3 is 2.60 bits per heavy atom. The van der Waals surface area contributed by atoms with Crippen LogP contribution in [-0.4, -0.2) is 33.9 Å². The number of aromatic nitrogens is 2. The fourth-order valence-electron chi connectivity index (χ4n) is 2.35. The Hall–Kier alpha value is -2.58. The first-order valence-electron chi connectivity index (χ1n) is 7.52. The molecule has 0 fully saturated rings. The number of imidazole rings is 1. The third-order valence-electron chi connectivity index (χ3n) is 3.68. The quantitative estimate of drug-likeness (QED) is 0.373. The van der Waals surface area contributed by atoms with Crippen LogP contribution in [0.15, 0.2) is 53.7 Å². The molecular weight excluding hydrogens is 354 g/mol. The number of amides is 1. The van der Waals surface area contributed by atoms with Crippen LogP contribution in [0.2, 0.25) is 0 Å². The maximum atomic E-state index is 12.3. The van der Waals surface area contributed by atoms with Gasteiger partial charge in [0.1, 0.15) is 6.33 Å². The van der Waals surface area contributed by atoms with Gasteiger partial charge in [-0.2, -0.15) is 0 Å². The van der Waals surface area contributed by atoms with Gasteiger partial charge in [0.25, 0.3) is 5.91 Å². The molecule has 1 heterocycles. The molecule has 3 rings (SSSR count). The first-order valence-corrected chi connectivity index (χ1v) is 9.15. The van der Waals surface area contributed by atoms with Crippen LogP contribution in [0, 0.1) is 0 Å². The van der Waals surface area contributed by atoms with Crippen LogP contribution >= 0.6 is 24.0 Å². The van der Waals surface area contributed by atoms with Gasteiger partial charge in [0.05, 0.1) is 11.0 Å². The summed E-state index contributed by atoms with van der Waals surface area (Å²) in [6, 6.07) is 13.6. The Morgan fingerprint density at radius 1 is 1.16 bits per heavy atom. The van der Waals surface area contributed by atoms with Gasteiger partial charge in [0.2, 0.25) is 0 Å². The van der Waals surface area contributed by atoms with Crippen molar-refractivity contribution in [1.29, 1.82) is 0 Å². The standard InChI is InChI=1S/C17H17N5OS2/c1-18-17(24)21-20-16(23)11-3-8-14-15(9-11)22(10-19-14)12-4-6-13(25-2)7-5-12/h3-10H,1-2H3,(H,20,23)(H2,18,21,24). The van der Waals surface area contributed by atoms with Gasteiger partial charge in [0, 0.05) is 23.2 Å². The number of hydrazine groups is 1. The van der Waals surface area contributed by atoms with E-state index < -0.39 is 0 Å². The fourth-order valence-corrected chi connectivity index (χ4v) is 2.80. The van der Waals surface area contributed by atoms with Gasteiger partial charge in [-0.3, -0.25) is 20.2 Å². The van der Waals surface area contributed by atoms with E-state index in [1.165, 1.54) is 4.90 Å². The number of hydrogen-bond acceptors (Lipinski definition) is 4. The van der Waals surface area contributed by atoms with Crippen LogP contribution in [0.1, 0.15) is 10.4 Å². The topological polar surface area (TPSA) is 71.0 Å². The molecule has 1 aromatic heterocycles. The van der Waals surface area contributed by atoms with Crippen LogP contribution in [0.3, 0.4) is 0 Å². The minimum absolute atomic E-state index is 0.273. The zero-order valence-corrected chi connectivity index (χ0v) is 15.4. The van der Waals surface area contributed by atoms with E-state index in [1.54, 1.807) is 31.2 Å². The third kappa shape index (κ3) is 3.75. The molecule has 1 amide bonds. The molecule has 0 saturated heterocycles. The number of thioether (sulfide) groups is 1. The summed E-state index contributed by atoms with van der Waals surface area (Å²) in [5.41, 5.74) is 8.38. The van der Waals surface area contributed by atoms with Crippen LogP contribution in [-0.2, 0) is 0 Å². The van der Waals surface area contributed by atoms with Gasteiger partial charge in [0.15, 0.2) is 5.11 Å². The molecule has 0 saturated carbocycles. The van der Waals surface area contributed by atoms with E-state index in [2.05, 4.69) is 33.3 Å². The lowest BCUT2D eigenvalue weighted by Crippen LogP contribution is -2.45. The second-order valence-electron chi connectivity index (χ2n) is 5.17. The van der Waals surface area contributed by atoms with Crippen molar-refractivity contribution in [2.24, 2.45) is 0 Å². The lowest BCUT2D eigenvalue weighted by molar-refractivity contribution is 0.0944. The molecule has 6 nitrogen and oxygen atoms in total. The van der Waals surface area contributed by atoms with E-state index in [4.69, 9.17) is 12.2 Å². The van der Waals surface area contributed by atoms with Crippen molar-refractivity contribution in [1.82, 2.24) is 25.7 Å². The molecule has 2 aromatic carbocycles. The van der Waals surface area contributed by atoms with E-state index in [9.17, 15) is 4.79 Å². The highest BCUT2D eigenvalue weighted by atomic mass is 32.2. The van der Waals surface area contributed by atoms with Crippen LogP contribution < -0.4 is 16.2 Å². The molecule has 0 radical (unpaired) electrons. The second kappa shape index (κ2) is 7.54. The van der Waals surface area contributed by atoms with Crippen molar-refractivity contribution < 1.29 is 4.79 Å². The number of thiocarbonyl (C=S) groups is 1. The number of nitrogens with one attached hydrogen (secondary N) is 3. The van der Waals surface area contributed by atoms with E-state index in [1.807, 2.05) is 35.1 Å². The molecule has 8 heteroatoms. The van der Waals surface area contributed by atoms with Crippen LogP contribution in [0.4, 0.5) is 0 Å². The van der Waals surface area contributed by atoms with Gasteiger partial charge in [-0.05, 0) is 60.9 Å². The first-order chi connectivity index (χ1) is 12.1. The van der Waals surface area contributed by atoms with Crippen LogP contribution in [0.5, 0.6) is 0 Å². The molecular formula is C17H17N5OS2. The minimum Gasteiger partial charge on any atom is -0.364 e. The predicted octanol–water partition coefficient (Wildman–Crippen LogP) is 2.49. The van der Waals surface area contributed by atoms with Crippen molar-refractivity contribution >= 4 is 46.0 Å². The van der Waals surface area contributed by atoms with Gasteiger partial charge >= 0.3 is 0 Å². The first kappa shape index (κ1) is 17.2. The number of rotatable bonds is 3. The lowest BCUT2D eigenvalue weighted by Gasteiger charge is -2.09. The van der Waals surface area contributed by atoms with E-state index in [-0.39, 0.29) is 5.91 Å². The molecule has 128 valence electrons. The highest BCUT2D eigenvalue weighted by Gasteiger charge is 2.10. The predicted molar refractivity (Wildman–Crippen MR) is 105 cm³/mol. The van der Waals surface area contributed by atoms with Gasteiger partial charge < -0.3 is 5.32 Å². The molecule has 0 unspecified atom stereocenters. The lowest BCUT2D eigenvalue weighted by atomic mass is 10.2. The average molecular weight is 371 g/mol. The molecule has 0 bridgehead atoms. The zero-order valence-electron chi connectivity index (χ0n) is 13.7. The largest absolute Gasteiger partial charge is 0.364 e. The molecule has 0 spiro atoms. The number of fused-ring (bicyclic) bond motifs is 1. The van der Waals surface area contributed by atoms with Crippen LogP contribution in [0.25, 0.3) is 16.7 Å². The van der Waals surface area contributed by atoms with E-state index >= 15 is 0 Å². The SMILES string of the molecule is CNC(=S)NNC(=O)c1ccc2ncn(-c3ccc(SC)cc3)c2c1. The molecule has 0 aliphatic carbocycles. The molecule has 0 aliphatic heterocycles. The molecule has 3 aromatic rings. The monoisotopic (exact) mass is 371 g/mol. The van der Waals surface area contributed by atoms with Gasteiger partial charge in [-0.25, -0.2) is 4.98 Å². The van der Waals surface area contributed by atoms with E-state index in [0.29, 0.717) is 10.7 Å². The molecule has 0 aliphatic rings. The van der Waals surface area contributed by atoms with Crippen molar-refractivity contribution in [3.63, 3.8) is 0 Å². The number of hydrogen-bond donors (Lipinski definition) is 3. The summed E-state index contributed by atoms with van der Waals surface area (Å²) < 4.78 is 1.96. The van der Waals surface area contributed by atoms with Crippen molar-refractivity contribution in [2.75, 3.05) is 13.3 Å². The fraction of sp³-hybridized carbons (Fsp3) is 0.118. The van der Waals surface area contributed by atoms with Crippen molar-refractivity contribution in [3.8, 4) is 5.69 Å². The normalized spacial score (nSPS) is 10.5. The van der Waals surface area contributed by atoms with Crippen molar-refractivity contribution in [2.45, 2.75) is 4.90 Å². The Morgan fingerprint density at radius 2 is 1.92 bits per heavy atom. The average Bonchev–Trinajstić information content (AvgIpc) is 3.09. The summed E-state index contributed by atoms with van der Waals surface area (Å²) in [7, 11) is 1.68. The summed E-state index contributed by atoms with van der Waals surface area (Å²) in [6.07, 6.45) is 3.80. The summed E-state index contributed by atoms with van der Waals surface area (Å²) in [6.45, 7) is 0. The van der Waals surface area contributed by atoms with E-state index in [0.717, 1.165) is 16.7 Å². The summed E-state index contributed by atoms with van der Waals surface area (Å²) in [4.78, 5) is 17.9. The Labute approximate surface area is 155 Å². The summed E-state index contributed by atoms with van der Waals surface area (Å²) in [5.74, 6) is -0.273. The number of benzene rings is 2. The van der Waals surface area contributed by atoms with Gasteiger partial charge in [-0.15, -0.1) is 11.8 Å². The second-order valence-corrected chi connectivity index (χ2v) is 6.46. The number of nitrogens with zero attached hydrogens (tertiary/aromatic N) is 2. The van der Waals surface area contributed by atoms with Crippen molar-refractivity contribution in [3.05, 3.63) is 54.4 Å². The summed E-state index contributed by atoms with van der Waals surface area (Å²) >= 11 is 6.63. The Balaban J connectivity index is 1.91. The smallest absolute Gasteiger partial charge is 0.269 e. The third-order valence-corrected chi connectivity index (χ3v) is 4.73. The molecule has 3 N–H and O–H groups in total. The molecule has 0 atom stereocenters. The molecule has 25 heavy (non-hydrogen) atoms. The highest BCUT2D eigenvalue weighted by molar-refractivity contribution is 7.98. The van der Waals surface area contributed by atoms with Gasteiger partial charge in [-0.1, -0.05) is 0 Å². The zero-order chi connectivity index (χ0) is 17.8. The minimum atomic E-state index is -0.273. The Bertz CT molecular complexity index is 920. The number of carbonyl (C=O) groups excluding carboxylic acids is 1. The maximum absolute atomic E-state index is 12.3. The maximum Gasteiger partial charge on any atom is 0.269 e.